The molecular weight excluding hydrogens is 212 g/mol. The van der Waals surface area contributed by atoms with Crippen molar-refractivity contribution in [3.63, 3.8) is 0 Å². The maximum absolute atomic E-state index is 5.80. The molecule has 3 rings (SSSR count). The normalized spacial score (nSPS) is 10.6. The second-order valence-electron chi connectivity index (χ2n) is 3.71. The Kier molecular flexibility index (Phi) is 2.19. The Morgan fingerprint density at radius 3 is 2.59 bits per heavy atom. The van der Waals surface area contributed by atoms with Crippen LogP contribution in [0, 0.1) is 0 Å². The van der Waals surface area contributed by atoms with E-state index < -0.39 is 0 Å². The van der Waals surface area contributed by atoms with Gasteiger partial charge in [-0.25, -0.2) is 15.0 Å². The van der Waals surface area contributed by atoms with Gasteiger partial charge in [-0.3, -0.25) is 0 Å². The number of hydrogen-bond acceptors (Lipinski definition) is 4. The van der Waals surface area contributed by atoms with E-state index in [1.807, 2.05) is 30.3 Å². The van der Waals surface area contributed by atoms with E-state index in [9.17, 15) is 0 Å². The number of pyridine rings is 1. The maximum Gasteiger partial charge on any atom is 0.150 e. The van der Waals surface area contributed by atoms with Crippen molar-refractivity contribution in [3.8, 4) is 11.1 Å². The molecule has 2 N–H and O–H groups in total. The number of nitrogens with two attached hydrogens (primary N) is 1. The van der Waals surface area contributed by atoms with Gasteiger partial charge in [0.05, 0.1) is 0 Å². The molecular formula is C13H10N4. The number of fused-ring (bicyclic) bond motifs is 1. The van der Waals surface area contributed by atoms with Crippen LogP contribution >= 0.6 is 0 Å². The number of anilines is 1. The van der Waals surface area contributed by atoms with Gasteiger partial charge in [-0.05, 0) is 5.56 Å². The Morgan fingerprint density at radius 1 is 0.941 bits per heavy atom. The van der Waals surface area contributed by atoms with Gasteiger partial charge in [0.15, 0.2) is 0 Å². The minimum Gasteiger partial charge on any atom is -0.382 e. The molecule has 0 saturated carbocycles. The van der Waals surface area contributed by atoms with Crippen LogP contribution in [-0.4, -0.2) is 15.0 Å². The van der Waals surface area contributed by atoms with E-state index in [0.29, 0.717) is 11.3 Å². The lowest BCUT2D eigenvalue weighted by molar-refractivity contribution is 1.21. The topological polar surface area (TPSA) is 64.7 Å². The van der Waals surface area contributed by atoms with Gasteiger partial charge in [-0.15, -0.1) is 0 Å². The average molecular weight is 222 g/mol. The van der Waals surface area contributed by atoms with E-state index >= 15 is 0 Å². The van der Waals surface area contributed by atoms with Crippen LogP contribution in [0.1, 0.15) is 0 Å². The molecule has 0 atom stereocenters. The Hall–Kier alpha value is -2.49. The van der Waals surface area contributed by atoms with Crippen LogP contribution in [0.25, 0.3) is 22.0 Å². The summed E-state index contributed by atoms with van der Waals surface area (Å²) in [5.74, 6) is 0.432. The lowest BCUT2D eigenvalue weighted by Gasteiger charge is -2.06. The fourth-order valence-corrected chi connectivity index (χ4v) is 1.84. The van der Waals surface area contributed by atoms with Crippen molar-refractivity contribution in [3.05, 3.63) is 49.1 Å². The SMILES string of the molecule is Nc1ncc(-c2ccccc2)c2cncnc12. The van der Waals surface area contributed by atoms with E-state index in [4.69, 9.17) is 5.73 Å². The van der Waals surface area contributed by atoms with E-state index in [0.717, 1.165) is 16.5 Å². The molecule has 0 unspecified atom stereocenters. The molecule has 3 aromatic rings. The van der Waals surface area contributed by atoms with Crippen molar-refractivity contribution in [1.29, 1.82) is 0 Å². The van der Waals surface area contributed by atoms with Gasteiger partial charge in [-0.2, -0.15) is 0 Å². The molecule has 4 nitrogen and oxygen atoms in total. The smallest absolute Gasteiger partial charge is 0.150 e. The summed E-state index contributed by atoms with van der Waals surface area (Å²) in [5, 5.41) is 0.922. The molecule has 0 radical (unpaired) electrons. The first kappa shape index (κ1) is 9.72. The van der Waals surface area contributed by atoms with Crippen LogP contribution in [0.15, 0.2) is 49.1 Å². The predicted octanol–water partition coefficient (Wildman–Crippen LogP) is 2.27. The summed E-state index contributed by atoms with van der Waals surface area (Å²) in [4.78, 5) is 12.4. The second kappa shape index (κ2) is 3.83. The average Bonchev–Trinajstić information content (AvgIpc) is 2.41. The zero-order valence-electron chi connectivity index (χ0n) is 9.04. The molecule has 1 aromatic carbocycles. The Bertz CT molecular complexity index is 665. The number of aromatic nitrogens is 3. The molecule has 0 amide bonds. The summed E-state index contributed by atoms with van der Waals surface area (Å²) >= 11 is 0. The van der Waals surface area contributed by atoms with Crippen LogP contribution < -0.4 is 5.73 Å². The Balaban J connectivity index is 2.35. The highest BCUT2D eigenvalue weighted by molar-refractivity contribution is 5.98. The molecule has 0 bridgehead atoms. The van der Waals surface area contributed by atoms with Crippen LogP contribution in [0.3, 0.4) is 0 Å². The molecule has 0 saturated heterocycles. The number of hydrogen-bond donors (Lipinski definition) is 1. The van der Waals surface area contributed by atoms with E-state index in [1.165, 1.54) is 6.33 Å². The summed E-state index contributed by atoms with van der Waals surface area (Å²) in [7, 11) is 0. The molecule has 0 aliphatic heterocycles. The monoisotopic (exact) mass is 222 g/mol. The number of nitrogens with zero attached hydrogens (tertiary/aromatic N) is 3. The summed E-state index contributed by atoms with van der Waals surface area (Å²) in [5.41, 5.74) is 8.58. The lowest BCUT2D eigenvalue weighted by atomic mass is 10.0. The Labute approximate surface area is 98.2 Å². The predicted molar refractivity (Wildman–Crippen MR) is 67.2 cm³/mol. The molecule has 82 valence electrons. The van der Waals surface area contributed by atoms with Crippen LogP contribution in [0.4, 0.5) is 5.82 Å². The molecule has 0 aliphatic carbocycles. The molecule has 17 heavy (non-hydrogen) atoms. The molecule has 0 aliphatic rings. The molecule has 2 heterocycles. The van der Waals surface area contributed by atoms with Crippen molar-refractivity contribution in [2.24, 2.45) is 0 Å². The maximum atomic E-state index is 5.80. The molecule has 4 heteroatoms. The summed E-state index contributed by atoms with van der Waals surface area (Å²) in [6.45, 7) is 0. The zero-order chi connectivity index (χ0) is 11.7. The van der Waals surface area contributed by atoms with E-state index in [-0.39, 0.29) is 0 Å². The van der Waals surface area contributed by atoms with Crippen LogP contribution in [0.2, 0.25) is 0 Å². The van der Waals surface area contributed by atoms with Crippen molar-refractivity contribution in [2.75, 3.05) is 5.73 Å². The summed E-state index contributed by atoms with van der Waals surface area (Å²) in [6, 6.07) is 10.0. The first-order chi connectivity index (χ1) is 8.36. The van der Waals surface area contributed by atoms with Crippen molar-refractivity contribution in [2.45, 2.75) is 0 Å². The molecule has 0 fully saturated rings. The van der Waals surface area contributed by atoms with Gasteiger partial charge in [0, 0.05) is 23.3 Å². The number of benzene rings is 1. The van der Waals surface area contributed by atoms with Crippen molar-refractivity contribution < 1.29 is 0 Å². The van der Waals surface area contributed by atoms with Crippen molar-refractivity contribution >= 4 is 16.7 Å². The minimum atomic E-state index is 0.432. The zero-order valence-corrected chi connectivity index (χ0v) is 9.04. The van der Waals surface area contributed by atoms with Gasteiger partial charge in [0.1, 0.15) is 17.7 Å². The molecule has 0 spiro atoms. The van der Waals surface area contributed by atoms with Gasteiger partial charge >= 0.3 is 0 Å². The minimum absolute atomic E-state index is 0.432. The standard InChI is InChI=1S/C13H10N4/c14-13-12-11(6-15-8-17-12)10(7-16-13)9-4-2-1-3-5-9/h1-8H,(H2,14,16). The van der Waals surface area contributed by atoms with E-state index in [1.54, 1.807) is 12.4 Å². The first-order valence-electron chi connectivity index (χ1n) is 5.26. The third kappa shape index (κ3) is 1.59. The number of nitrogen functional groups attached to an aromatic ring is 1. The van der Waals surface area contributed by atoms with E-state index in [2.05, 4.69) is 15.0 Å². The highest BCUT2D eigenvalue weighted by Crippen LogP contribution is 2.28. The Morgan fingerprint density at radius 2 is 1.76 bits per heavy atom. The second-order valence-corrected chi connectivity index (χ2v) is 3.71. The fraction of sp³-hybridized carbons (Fsp3) is 0. The fourth-order valence-electron chi connectivity index (χ4n) is 1.84. The van der Waals surface area contributed by atoms with Gasteiger partial charge in [0.25, 0.3) is 0 Å². The summed E-state index contributed by atoms with van der Waals surface area (Å²) < 4.78 is 0. The van der Waals surface area contributed by atoms with Gasteiger partial charge in [0.2, 0.25) is 0 Å². The highest BCUT2D eigenvalue weighted by atomic mass is 14.9. The van der Waals surface area contributed by atoms with Crippen molar-refractivity contribution in [1.82, 2.24) is 15.0 Å². The van der Waals surface area contributed by atoms with Gasteiger partial charge in [-0.1, -0.05) is 30.3 Å². The largest absolute Gasteiger partial charge is 0.382 e. The van der Waals surface area contributed by atoms with Crippen LogP contribution in [-0.2, 0) is 0 Å². The first-order valence-corrected chi connectivity index (χ1v) is 5.26. The third-order valence-electron chi connectivity index (χ3n) is 2.66. The third-order valence-corrected chi connectivity index (χ3v) is 2.66. The molecule has 2 aromatic heterocycles. The van der Waals surface area contributed by atoms with Gasteiger partial charge < -0.3 is 5.73 Å². The number of rotatable bonds is 1. The highest BCUT2D eigenvalue weighted by Gasteiger charge is 2.07. The quantitative estimate of drug-likeness (QED) is 0.686. The van der Waals surface area contributed by atoms with Crippen LogP contribution in [0.5, 0.6) is 0 Å². The lowest BCUT2D eigenvalue weighted by Crippen LogP contribution is -1.95. The summed E-state index contributed by atoms with van der Waals surface area (Å²) in [6.07, 6.45) is 5.01.